The average molecular weight is 236 g/mol. The van der Waals surface area contributed by atoms with Gasteiger partial charge in [0, 0.05) is 5.41 Å². The van der Waals surface area contributed by atoms with E-state index in [-0.39, 0.29) is 5.41 Å². The molecule has 0 spiro atoms. The maximum Gasteiger partial charge on any atom is 0.0989 e. The SMILES string of the molecule is CC(C)=C1CC2(C)C3CCC2(O)C(C)(O)CC13. The van der Waals surface area contributed by atoms with E-state index in [4.69, 9.17) is 0 Å². The molecule has 4 bridgehead atoms. The van der Waals surface area contributed by atoms with Crippen molar-refractivity contribution in [1.82, 2.24) is 0 Å². The highest BCUT2D eigenvalue weighted by Gasteiger charge is 2.72. The van der Waals surface area contributed by atoms with Gasteiger partial charge in [-0.3, -0.25) is 0 Å². The van der Waals surface area contributed by atoms with Gasteiger partial charge in [-0.1, -0.05) is 18.1 Å². The van der Waals surface area contributed by atoms with E-state index >= 15 is 0 Å². The quantitative estimate of drug-likeness (QED) is 0.635. The monoisotopic (exact) mass is 236 g/mol. The zero-order chi connectivity index (χ0) is 12.6. The molecule has 5 atom stereocenters. The topological polar surface area (TPSA) is 40.5 Å². The normalized spacial score (nSPS) is 56.5. The average Bonchev–Trinajstić information content (AvgIpc) is 2.55. The van der Waals surface area contributed by atoms with E-state index in [0.717, 1.165) is 25.7 Å². The fraction of sp³-hybridized carbons (Fsp3) is 0.867. The molecule has 0 aromatic carbocycles. The molecule has 0 aromatic rings. The lowest BCUT2D eigenvalue weighted by atomic mass is 9.58. The van der Waals surface area contributed by atoms with E-state index in [2.05, 4.69) is 20.8 Å². The molecule has 0 aromatic heterocycles. The van der Waals surface area contributed by atoms with Gasteiger partial charge in [-0.15, -0.1) is 0 Å². The van der Waals surface area contributed by atoms with Crippen molar-refractivity contribution in [2.75, 3.05) is 0 Å². The molecule has 5 unspecified atom stereocenters. The van der Waals surface area contributed by atoms with Crippen molar-refractivity contribution in [3.63, 3.8) is 0 Å². The van der Waals surface area contributed by atoms with Gasteiger partial charge in [0.25, 0.3) is 0 Å². The summed E-state index contributed by atoms with van der Waals surface area (Å²) in [6, 6.07) is 0. The van der Waals surface area contributed by atoms with Crippen LogP contribution in [0.4, 0.5) is 0 Å². The Balaban J connectivity index is 2.18. The molecule has 2 heteroatoms. The number of aliphatic hydroxyl groups is 2. The third kappa shape index (κ3) is 1.09. The molecule has 2 nitrogen and oxygen atoms in total. The van der Waals surface area contributed by atoms with Crippen LogP contribution in [0.25, 0.3) is 0 Å². The van der Waals surface area contributed by atoms with Crippen molar-refractivity contribution in [2.24, 2.45) is 17.3 Å². The van der Waals surface area contributed by atoms with Gasteiger partial charge in [-0.25, -0.2) is 0 Å². The van der Waals surface area contributed by atoms with Gasteiger partial charge >= 0.3 is 0 Å². The second kappa shape index (κ2) is 2.97. The highest BCUT2D eigenvalue weighted by molar-refractivity contribution is 5.35. The van der Waals surface area contributed by atoms with Gasteiger partial charge in [0.2, 0.25) is 0 Å². The Bertz CT molecular complexity index is 405. The van der Waals surface area contributed by atoms with Crippen LogP contribution in [-0.4, -0.2) is 21.4 Å². The molecule has 3 saturated carbocycles. The predicted molar refractivity (Wildman–Crippen MR) is 67.5 cm³/mol. The summed E-state index contributed by atoms with van der Waals surface area (Å²) in [7, 11) is 0. The Labute approximate surface area is 104 Å². The first-order chi connectivity index (χ1) is 7.73. The summed E-state index contributed by atoms with van der Waals surface area (Å²) in [4.78, 5) is 0. The zero-order valence-electron chi connectivity index (χ0n) is 11.4. The van der Waals surface area contributed by atoms with Gasteiger partial charge in [0.05, 0.1) is 11.2 Å². The van der Waals surface area contributed by atoms with Crippen LogP contribution in [0.1, 0.15) is 53.4 Å². The second-order valence-electron chi connectivity index (χ2n) is 7.21. The van der Waals surface area contributed by atoms with Crippen molar-refractivity contribution in [1.29, 1.82) is 0 Å². The lowest BCUT2D eigenvalue weighted by Gasteiger charge is -2.52. The predicted octanol–water partition coefficient (Wildman–Crippen LogP) is 2.64. The standard InChI is InChI=1S/C15H24O2/c1-9(2)10-7-13(3)12-5-6-15(13,17)14(4,16)8-11(10)12/h11-12,16-17H,5-8H2,1-4H3. The summed E-state index contributed by atoms with van der Waals surface area (Å²) in [6.07, 6.45) is 3.57. The van der Waals surface area contributed by atoms with E-state index in [0.29, 0.717) is 11.8 Å². The van der Waals surface area contributed by atoms with Crippen LogP contribution in [0.5, 0.6) is 0 Å². The van der Waals surface area contributed by atoms with Gasteiger partial charge in [-0.2, -0.15) is 0 Å². The van der Waals surface area contributed by atoms with Crippen molar-refractivity contribution >= 4 is 0 Å². The largest absolute Gasteiger partial charge is 0.387 e. The molecule has 0 saturated heterocycles. The minimum absolute atomic E-state index is 0.105. The van der Waals surface area contributed by atoms with Gasteiger partial charge in [-0.05, 0) is 58.3 Å². The van der Waals surface area contributed by atoms with E-state index < -0.39 is 11.2 Å². The van der Waals surface area contributed by atoms with Gasteiger partial charge < -0.3 is 10.2 Å². The van der Waals surface area contributed by atoms with Crippen molar-refractivity contribution in [2.45, 2.75) is 64.6 Å². The summed E-state index contributed by atoms with van der Waals surface area (Å²) < 4.78 is 0. The van der Waals surface area contributed by atoms with Gasteiger partial charge in [0.15, 0.2) is 0 Å². The van der Waals surface area contributed by atoms with E-state index in [1.807, 2.05) is 6.92 Å². The molecule has 3 rings (SSSR count). The number of hydrogen-bond donors (Lipinski definition) is 2. The summed E-state index contributed by atoms with van der Waals surface area (Å²) in [5.41, 5.74) is 1.00. The molecule has 3 fully saturated rings. The van der Waals surface area contributed by atoms with Crippen LogP contribution in [0.2, 0.25) is 0 Å². The molecule has 3 aliphatic carbocycles. The molecular formula is C15H24O2. The minimum atomic E-state index is -0.920. The number of hydrogen-bond acceptors (Lipinski definition) is 2. The first-order valence-electron chi connectivity index (χ1n) is 6.84. The first kappa shape index (κ1) is 11.7. The van der Waals surface area contributed by atoms with Gasteiger partial charge in [0.1, 0.15) is 0 Å². The van der Waals surface area contributed by atoms with Crippen LogP contribution in [0.3, 0.4) is 0 Å². The molecular weight excluding hydrogens is 212 g/mol. The molecule has 0 heterocycles. The third-order valence-electron chi connectivity index (χ3n) is 6.22. The van der Waals surface area contributed by atoms with Crippen molar-refractivity contribution in [3.8, 4) is 0 Å². The fourth-order valence-corrected chi connectivity index (χ4v) is 5.26. The van der Waals surface area contributed by atoms with Crippen LogP contribution in [-0.2, 0) is 0 Å². The summed E-state index contributed by atoms with van der Waals surface area (Å²) in [5.74, 6) is 1.08. The molecule has 96 valence electrons. The van der Waals surface area contributed by atoms with Crippen LogP contribution >= 0.6 is 0 Å². The van der Waals surface area contributed by atoms with Crippen molar-refractivity contribution in [3.05, 3.63) is 11.1 Å². The smallest absolute Gasteiger partial charge is 0.0989 e. The molecule has 0 amide bonds. The Morgan fingerprint density at radius 1 is 1.24 bits per heavy atom. The first-order valence-corrected chi connectivity index (χ1v) is 6.84. The molecule has 0 aliphatic heterocycles. The third-order valence-corrected chi connectivity index (χ3v) is 6.22. The molecule has 2 N–H and O–H groups in total. The second-order valence-corrected chi connectivity index (χ2v) is 7.21. The van der Waals surface area contributed by atoms with Crippen LogP contribution in [0, 0.1) is 17.3 Å². The summed E-state index contributed by atoms with van der Waals surface area (Å²) >= 11 is 0. The fourth-order valence-electron chi connectivity index (χ4n) is 5.26. The lowest BCUT2D eigenvalue weighted by molar-refractivity contribution is -0.216. The highest BCUT2D eigenvalue weighted by atomic mass is 16.4. The Morgan fingerprint density at radius 2 is 1.88 bits per heavy atom. The summed E-state index contributed by atoms with van der Waals surface area (Å²) in [5, 5.41) is 21.7. The Kier molecular flexibility index (Phi) is 2.05. The van der Waals surface area contributed by atoms with E-state index in [1.165, 1.54) is 11.1 Å². The molecule has 3 aliphatic rings. The lowest BCUT2D eigenvalue weighted by Crippen LogP contribution is -2.62. The maximum atomic E-state index is 11.0. The Hall–Kier alpha value is -0.340. The van der Waals surface area contributed by atoms with Crippen LogP contribution in [0.15, 0.2) is 11.1 Å². The maximum absolute atomic E-state index is 11.0. The number of rotatable bonds is 0. The minimum Gasteiger partial charge on any atom is -0.387 e. The Morgan fingerprint density at radius 3 is 2.47 bits per heavy atom. The number of allylic oxidation sites excluding steroid dienone is 2. The van der Waals surface area contributed by atoms with E-state index in [1.54, 1.807) is 0 Å². The molecule has 0 radical (unpaired) electrons. The highest BCUT2D eigenvalue weighted by Crippen LogP contribution is 2.71. The summed E-state index contributed by atoms with van der Waals surface area (Å²) in [6.45, 7) is 8.38. The van der Waals surface area contributed by atoms with Crippen molar-refractivity contribution < 1.29 is 10.2 Å². The molecule has 17 heavy (non-hydrogen) atoms. The van der Waals surface area contributed by atoms with E-state index in [9.17, 15) is 10.2 Å². The van der Waals surface area contributed by atoms with Crippen LogP contribution < -0.4 is 0 Å². The zero-order valence-corrected chi connectivity index (χ0v) is 11.4.